The molecule has 1 heterocycles. The second-order valence-corrected chi connectivity index (χ2v) is 5.93. The summed E-state index contributed by atoms with van der Waals surface area (Å²) in [5.74, 6) is -0.0758. The molecule has 0 aromatic carbocycles. The van der Waals surface area contributed by atoms with Crippen molar-refractivity contribution in [3.05, 3.63) is 21.4 Å². The fourth-order valence-corrected chi connectivity index (χ4v) is 3.22. The highest BCUT2D eigenvalue weighted by molar-refractivity contribution is 7.14. The zero-order valence-electron chi connectivity index (χ0n) is 13.0. The fraction of sp³-hybridized carbons (Fsp3) is 0.600. The summed E-state index contributed by atoms with van der Waals surface area (Å²) in [6.45, 7) is 9.48. The number of aryl methyl sites for hydroxylation is 2. The quantitative estimate of drug-likeness (QED) is 0.809. The van der Waals surface area contributed by atoms with E-state index in [0.717, 1.165) is 12.0 Å². The third kappa shape index (κ3) is 3.82. The third-order valence-electron chi connectivity index (χ3n) is 3.39. The Kier molecular flexibility index (Phi) is 6.20. The Hall–Kier alpha value is -1.36. The highest BCUT2D eigenvalue weighted by Crippen LogP contribution is 2.23. The Bertz CT molecular complexity index is 478. The van der Waals surface area contributed by atoms with E-state index in [-0.39, 0.29) is 18.4 Å². The van der Waals surface area contributed by atoms with Gasteiger partial charge in [0.2, 0.25) is 5.91 Å². The lowest BCUT2D eigenvalue weighted by Crippen LogP contribution is -2.40. The molecule has 2 amide bonds. The molecule has 4 nitrogen and oxygen atoms in total. The van der Waals surface area contributed by atoms with Crippen LogP contribution in [0.5, 0.6) is 0 Å². The summed E-state index contributed by atoms with van der Waals surface area (Å²) in [7, 11) is 1.68. The van der Waals surface area contributed by atoms with Gasteiger partial charge in [0.1, 0.15) is 0 Å². The molecule has 0 aliphatic heterocycles. The average molecular weight is 296 g/mol. The Morgan fingerprint density at radius 2 is 1.80 bits per heavy atom. The molecule has 0 saturated carbocycles. The Morgan fingerprint density at radius 3 is 2.25 bits per heavy atom. The fourth-order valence-electron chi connectivity index (χ4n) is 2.12. The summed E-state index contributed by atoms with van der Waals surface area (Å²) >= 11 is 1.53. The van der Waals surface area contributed by atoms with Crippen LogP contribution in [0.4, 0.5) is 0 Å². The second kappa shape index (κ2) is 7.43. The van der Waals surface area contributed by atoms with Crippen LogP contribution < -0.4 is 0 Å². The molecule has 1 aromatic heterocycles. The van der Waals surface area contributed by atoms with Crippen molar-refractivity contribution >= 4 is 23.2 Å². The molecule has 0 spiro atoms. The van der Waals surface area contributed by atoms with E-state index in [1.807, 2.05) is 26.8 Å². The molecule has 0 N–H and O–H groups in total. The number of carbonyl (C=O) groups is 2. The SMILES string of the molecule is CCc1sc(C(=O)N(C)CC(=O)N(CC)CC)cc1C. The minimum Gasteiger partial charge on any atom is -0.342 e. The maximum atomic E-state index is 12.3. The van der Waals surface area contributed by atoms with Crippen LogP contribution in [0.3, 0.4) is 0 Å². The standard InChI is InChI=1S/C15H24N2O2S/c1-6-12-11(4)9-13(20-12)15(19)16(5)10-14(18)17(7-2)8-3/h9H,6-8,10H2,1-5H3. The van der Waals surface area contributed by atoms with E-state index >= 15 is 0 Å². The molecule has 0 unspecified atom stereocenters. The third-order valence-corrected chi connectivity index (χ3v) is 4.76. The largest absolute Gasteiger partial charge is 0.342 e. The van der Waals surface area contributed by atoms with Crippen LogP contribution in [0.25, 0.3) is 0 Å². The summed E-state index contributed by atoms with van der Waals surface area (Å²) < 4.78 is 0. The molecule has 0 bridgehead atoms. The number of hydrogen-bond acceptors (Lipinski definition) is 3. The zero-order valence-corrected chi connectivity index (χ0v) is 13.8. The van der Waals surface area contributed by atoms with Crippen molar-refractivity contribution < 1.29 is 9.59 Å². The molecule has 0 radical (unpaired) electrons. The van der Waals surface area contributed by atoms with Crippen molar-refractivity contribution in [2.45, 2.75) is 34.1 Å². The number of likely N-dealkylation sites (N-methyl/N-ethyl adjacent to an activating group) is 2. The van der Waals surface area contributed by atoms with Crippen molar-refractivity contribution in [3.8, 4) is 0 Å². The van der Waals surface area contributed by atoms with Gasteiger partial charge in [-0.3, -0.25) is 9.59 Å². The summed E-state index contributed by atoms with van der Waals surface area (Å²) in [6.07, 6.45) is 0.936. The van der Waals surface area contributed by atoms with E-state index in [9.17, 15) is 9.59 Å². The van der Waals surface area contributed by atoms with Crippen molar-refractivity contribution in [1.82, 2.24) is 9.80 Å². The normalized spacial score (nSPS) is 10.4. The van der Waals surface area contributed by atoms with Crippen LogP contribution in [0, 0.1) is 6.92 Å². The maximum absolute atomic E-state index is 12.3. The zero-order chi connectivity index (χ0) is 15.3. The molecule has 0 fully saturated rings. The topological polar surface area (TPSA) is 40.6 Å². The molecule has 1 aromatic rings. The minimum absolute atomic E-state index is 0.00477. The van der Waals surface area contributed by atoms with Crippen LogP contribution in [0.15, 0.2) is 6.07 Å². The first-order valence-electron chi connectivity index (χ1n) is 7.07. The summed E-state index contributed by atoms with van der Waals surface area (Å²) in [5, 5.41) is 0. The number of thiophene rings is 1. The van der Waals surface area contributed by atoms with Crippen molar-refractivity contribution in [2.75, 3.05) is 26.7 Å². The molecular weight excluding hydrogens is 272 g/mol. The Balaban J connectivity index is 2.73. The van der Waals surface area contributed by atoms with E-state index < -0.39 is 0 Å². The van der Waals surface area contributed by atoms with Crippen molar-refractivity contribution in [2.24, 2.45) is 0 Å². The van der Waals surface area contributed by atoms with Gasteiger partial charge >= 0.3 is 0 Å². The van der Waals surface area contributed by atoms with Gasteiger partial charge in [0.25, 0.3) is 5.91 Å². The summed E-state index contributed by atoms with van der Waals surface area (Å²) in [4.78, 5) is 29.5. The van der Waals surface area contributed by atoms with Gasteiger partial charge in [-0.2, -0.15) is 0 Å². The van der Waals surface area contributed by atoms with Crippen LogP contribution >= 0.6 is 11.3 Å². The first-order chi connectivity index (χ1) is 9.44. The van der Waals surface area contributed by atoms with Gasteiger partial charge in [-0.15, -0.1) is 11.3 Å². The predicted octanol–water partition coefficient (Wildman–Crippen LogP) is 2.56. The number of nitrogens with zero attached hydrogens (tertiary/aromatic N) is 2. The van der Waals surface area contributed by atoms with Crippen LogP contribution in [0.1, 0.15) is 40.9 Å². The van der Waals surface area contributed by atoms with Crippen molar-refractivity contribution in [1.29, 1.82) is 0 Å². The van der Waals surface area contributed by atoms with Crippen LogP contribution in [-0.2, 0) is 11.2 Å². The van der Waals surface area contributed by atoms with Crippen LogP contribution in [0.2, 0.25) is 0 Å². The molecule has 5 heteroatoms. The smallest absolute Gasteiger partial charge is 0.264 e. The van der Waals surface area contributed by atoms with Gasteiger partial charge in [-0.25, -0.2) is 0 Å². The number of rotatable bonds is 6. The Labute approximate surface area is 125 Å². The molecule has 20 heavy (non-hydrogen) atoms. The highest BCUT2D eigenvalue weighted by atomic mass is 32.1. The molecular formula is C15H24N2O2S. The molecule has 112 valence electrons. The Morgan fingerprint density at radius 1 is 1.20 bits per heavy atom. The van der Waals surface area contributed by atoms with E-state index in [2.05, 4.69) is 6.92 Å². The lowest BCUT2D eigenvalue weighted by molar-refractivity contribution is -0.131. The monoisotopic (exact) mass is 296 g/mol. The maximum Gasteiger partial charge on any atom is 0.264 e. The number of hydrogen-bond donors (Lipinski definition) is 0. The molecule has 0 saturated heterocycles. The number of amides is 2. The van der Waals surface area contributed by atoms with E-state index in [1.165, 1.54) is 21.1 Å². The van der Waals surface area contributed by atoms with Gasteiger partial charge in [0.15, 0.2) is 0 Å². The van der Waals surface area contributed by atoms with E-state index in [4.69, 9.17) is 0 Å². The summed E-state index contributed by atoms with van der Waals surface area (Å²) in [6, 6.07) is 1.92. The van der Waals surface area contributed by atoms with Crippen molar-refractivity contribution in [3.63, 3.8) is 0 Å². The average Bonchev–Trinajstić information content (AvgIpc) is 2.80. The minimum atomic E-state index is -0.0710. The molecule has 1 rings (SSSR count). The lowest BCUT2D eigenvalue weighted by atomic mass is 10.2. The number of carbonyl (C=O) groups excluding carboxylic acids is 2. The van der Waals surface area contributed by atoms with E-state index in [1.54, 1.807) is 11.9 Å². The molecule has 0 atom stereocenters. The van der Waals surface area contributed by atoms with E-state index in [0.29, 0.717) is 18.0 Å². The van der Waals surface area contributed by atoms with Gasteiger partial charge in [-0.1, -0.05) is 6.92 Å². The lowest BCUT2D eigenvalue weighted by Gasteiger charge is -2.22. The first-order valence-corrected chi connectivity index (χ1v) is 7.88. The molecule has 0 aliphatic rings. The van der Waals surface area contributed by atoms with Crippen LogP contribution in [-0.4, -0.2) is 48.3 Å². The van der Waals surface area contributed by atoms with Gasteiger partial charge < -0.3 is 9.80 Å². The van der Waals surface area contributed by atoms with Gasteiger partial charge in [0, 0.05) is 25.0 Å². The second-order valence-electron chi connectivity index (χ2n) is 4.80. The summed E-state index contributed by atoms with van der Waals surface area (Å²) in [5.41, 5.74) is 1.16. The first kappa shape index (κ1) is 16.7. The van der Waals surface area contributed by atoms with Gasteiger partial charge in [0.05, 0.1) is 11.4 Å². The predicted molar refractivity (Wildman–Crippen MR) is 83.3 cm³/mol. The molecule has 0 aliphatic carbocycles. The van der Waals surface area contributed by atoms with Gasteiger partial charge in [-0.05, 0) is 38.8 Å². The highest BCUT2D eigenvalue weighted by Gasteiger charge is 2.19.